The van der Waals surface area contributed by atoms with Gasteiger partial charge in [-0.25, -0.2) is 14.8 Å². The van der Waals surface area contributed by atoms with Gasteiger partial charge in [-0.05, 0) is 0 Å². The smallest absolute Gasteiger partial charge is 0.354 e. The SMILES string of the molecule is C#CCCN(C)c1cc(C(=O)O)ncn1. The first-order chi connectivity index (χ1) is 7.15. The molecule has 0 atom stereocenters. The number of hydrogen-bond acceptors (Lipinski definition) is 4. The van der Waals surface area contributed by atoms with Crippen molar-refractivity contribution in [2.45, 2.75) is 6.42 Å². The zero-order valence-electron chi connectivity index (χ0n) is 8.34. The van der Waals surface area contributed by atoms with Crippen LogP contribution in [0.3, 0.4) is 0 Å². The largest absolute Gasteiger partial charge is 0.477 e. The van der Waals surface area contributed by atoms with E-state index in [-0.39, 0.29) is 5.69 Å². The first-order valence-electron chi connectivity index (χ1n) is 4.35. The highest BCUT2D eigenvalue weighted by Crippen LogP contribution is 2.09. The van der Waals surface area contributed by atoms with E-state index in [0.29, 0.717) is 18.8 Å². The Balaban J connectivity index is 2.81. The summed E-state index contributed by atoms with van der Waals surface area (Å²) in [6, 6.07) is 1.42. The van der Waals surface area contributed by atoms with Crippen LogP contribution in [0.15, 0.2) is 12.4 Å². The van der Waals surface area contributed by atoms with Gasteiger partial charge in [-0.3, -0.25) is 0 Å². The second kappa shape index (κ2) is 4.96. The molecule has 0 aromatic carbocycles. The van der Waals surface area contributed by atoms with Crippen LogP contribution < -0.4 is 4.90 Å². The van der Waals surface area contributed by atoms with Gasteiger partial charge in [-0.15, -0.1) is 12.3 Å². The summed E-state index contributed by atoms with van der Waals surface area (Å²) in [4.78, 5) is 20.0. The molecule has 0 aliphatic rings. The number of anilines is 1. The van der Waals surface area contributed by atoms with Crippen LogP contribution in [0.4, 0.5) is 5.82 Å². The van der Waals surface area contributed by atoms with Gasteiger partial charge in [-0.2, -0.15) is 0 Å². The molecule has 1 aromatic rings. The maximum atomic E-state index is 10.6. The molecule has 0 fully saturated rings. The molecule has 1 N–H and O–H groups in total. The molecular formula is C10H11N3O2. The predicted octanol–water partition coefficient (Wildman–Crippen LogP) is 0.634. The van der Waals surface area contributed by atoms with E-state index in [4.69, 9.17) is 11.5 Å². The van der Waals surface area contributed by atoms with Gasteiger partial charge < -0.3 is 10.0 Å². The number of carboxylic acids is 1. The Labute approximate surface area is 87.8 Å². The lowest BCUT2D eigenvalue weighted by atomic mass is 10.3. The molecular weight excluding hydrogens is 194 g/mol. The lowest BCUT2D eigenvalue weighted by Crippen LogP contribution is -2.20. The van der Waals surface area contributed by atoms with Crippen LogP contribution in [0.2, 0.25) is 0 Å². The minimum absolute atomic E-state index is 0.0208. The van der Waals surface area contributed by atoms with Crippen molar-refractivity contribution < 1.29 is 9.90 Å². The van der Waals surface area contributed by atoms with Crippen LogP contribution in [0.1, 0.15) is 16.9 Å². The lowest BCUT2D eigenvalue weighted by molar-refractivity contribution is 0.0690. The average molecular weight is 205 g/mol. The molecule has 0 radical (unpaired) electrons. The van der Waals surface area contributed by atoms with Gasteiger partial charge in [0, 0.05) is 26.1 Å². The van der Waals surface area contributed by atoms with E-state index < -0.39 is 5.97 Å². The number of hydrogen-bond donors (Lipinski definition) is 1. The fraction of sp³-hybridized carbons (Fsp3) is 0.300. The Hall–Kier alpha value is -2.09. The van der Waals surface area contributed by atoms with E-state index in [2.05, 4.69) is 15.9 Å². The molecule has 78 valence electrons. The summed E-state index contributed by atoms with van der Waals surface area (Å²) in [7, 11) is 1.80. The van der Waals surface area contributed by atoms with Crippen molar-refractivity contribution >= 4 is 11.8 Å². The fourth-order valence-electron chi connectivity index (χ4n) is 1.02. The highest BCUT2D eigenvalue weighted by atomic mass is 16.4. The number of carbonyl (C=O) groups is 1. The summed E-state index contributed by atoms with van der Waals surface area (Å²) in [6.45, 7) is 0.632. The van der Waals surface area contributed by atoms with Gasteiger partial charge in [0.25, 0.3) is 0 Å². The van der Waals surface area contributed by atoms with Crippen LogP contribution in [-0.2, 0) is 0 Å². The Morgan fingerprint density at radius 1 is 1.67 bits per heavy atom. The fourth-order valence-corrected chi connectivity index (χ4v) is 1.02. The number of terminal acetylenes is 1. The topological polar surface area (TPSA) is 66.3 Å². The van der Waals surface area contributed by atoms with Gasteiger partial charge in [0.1, 0.15) is 12.1 Å². The summed E-state index contributed by atoms with van der Waals surface area (Å²) in [6.07, 6.45) is 6.94. The van der Waals surface area contributed by atoms with Crippen molar-refractivity contribution in [3.05, 3.63) is 18.1 Å². The molecule has 5 nitrogen and oxygen atoms in total. The third-order valence-corrected chi connectivity index (χ3v) is 1.85. The maximum absolute atomic E-state index is 10.6. The number of rotatable bonds is 4. The van der Waals surface area contributed by atoms with Crippen LogP contribution in [0, 0.1) is 12.3 Å². The van der Waals surface area contributed by atoms with Crippen molar-refractivity contribution in [3.8, 4) is 12.3 Å². The summed E-state index contributed by atoms with van der Waals surface area (Å²) in [5.74, 6) is 1.99. The summed E-state index contributed by atoms with van der Waals surface area (Å²) in [5, 5.41) is 8.73. The summed E-state index contributed by atoms with van der Waals surface area (Å²) in [5.41, 5.74) is -0.0208. The normalized spacial score (nSPS) is 9.33. The molecule has 1 aromatic heterocycles. The van der Waals surface area contributed by atoms with E-state index in [1.54, 1.807) is 11.9 Å². The third-order valence-electron chi connectivity index (χ3n) is 1.85. The van der Waals surface area contributed by atoms with E-state index >= 15 is 0 Å². The zero-order chi connectivity index (χ0) is 11.3. The summed E-state index contributed by atoms with van der Waals surface area (Å²) >= 11 is 0. The minimum atomic E-state index is -1.07. The standard InChI is InChI=1S/C10H11N3O2/c1-3-4-5-13(2)9-6-8(10(14)15)11-7-12-9/h1,6-7H,4-5H2,2H3,(H,14,15). The molecule has 0 amide bonds. The Bertz CT molecular complexity index is 398. The Morgan fingerprint density at radius 3 is 3.00 bits per heavy atom. The van der Waals surface area contributed by atoms with E-state index in [1.165, 1.54) is 12.4 Å². The van der Waals surface area contributed by atoms with Crippen molar-refractivity contribution in [2.75, 3.05) is 18.5 Å². The highest BCUT2D eigenvalue weighted by molar-refractivity contribution is 5.86. The van der Waals surface area contributed by atoms with E-state index in [0.717, 1.165) is 0 Å². The molecule has 15 heavy (non-hydrogen) atoms. The average Bonchev–Trinajstić information content (AvgIpc) is 2.26. The molecule has 0 aliphatic heterocycles. The molecule has 1 rings (SSSR count). The molecule has 0 saturated heterocycles. The van der Waals surface area contributed by atoms with Crippen molar-refractivity contribution in [1.29, 1.82) is 0 Å². The van der Waals surface area contributed by atoms with E-state index in [1.807, 2.05) is 0 Å². The first-order valence-corrected chi connectivity index (χ1v) is 4.35. The minimum Gasteiger partial charge on any atom is -0.477 e. The molecule has 0 aliphatic carbocycles. The molecule has 1 heterocycles. The van der Waals surface area contributed by atoms with Gasteiger partial charge in [0.2, 0.25) is 0 Å². The zero-order valence-corrected chi connectivity index (χ0v) is 8.34. The first kappa shape index (κ1) is 11.0. The number of aromatic nitrogens is 2. The molecule has 0 bridgehead atoms. The van der Waals surface area contributed by atoms with Crippen LogP contribution in [0.5, 0.6) is 0 Å². The predicted molar refractivity (Wildman–Crippen MR) is 55.7 cm³/mol. The van der Waals surface area contributed by atoms with Crippen molar-refractivity contribution in [3.63, 3.8) is 0 Å². The molecule has 0 unspecified atom stereocenters. The second-order valence-electron chi connectivity index (χ2n) is 2.94. The van der Waals surface area contributed by atoms with Gasteiger partial charge in [0.15, 0.2) is 5.69 Å². The third kappa shape index (κ3) is 2.95. The van der Waals surface area contributed by atoms with Crippen molar-refractivity contribution in [1.82, 2.24) is 9.97 Å². The lowest BCUT2D eigenvalue weighted by Gasteiger charge is -2.16. The maximum Gasteiger partial charge on any atom is 0.354 e. The number of aromatic carboxylic acids is 1. The quantitative estimate of drug-likeness (QED) is 0.730. The molecule has 5 heteroatoms. The van der Waals surface area contributed by atoms with Crippen molar-refractivity contribution in [2.24, 2.45) is 0 Å². The van der Waals surface area contributed by atoms with E-state index in [9.17, 15) is 4.79 Å². The van der Waals surface area contributed by atoms with Gasteiger partial charge in [0.05, 0.1) is 0 Å². The molecule has 0 saturated carbocycles. The van der Waals surface area contributed by atoms with Crippen LogP contribution in [0.25, 0.3) is 0 Å². The van der Waals surface area contributed by atoms with Gasteiger partial charge in [-0.1, -0.05) is 0 Å². The van der Waals surface area contributed by atoms with Crippen LogP contribution >= 0.6 is 0 Å². The Kier molecular flexibility index (Phi) is 3.63. The van der Waals surface area contributed by atoms with Gasteiger partial charge >= 0.3 is 5.97 Å². The second-order valence-corrected chi connectivity index (χ2v) is 2.94. The molecule has 0 spiro atoms. The Morgan fingerprint density at radius 2 is 2.40 bits per heavy atom. The highest BCUT2D eigenvalue weighted by Gasteiger charge is 2.08. The van der Waals surface area contributed by atoms with Crippen LogP contribution in [-0.4, -0.2) is 34.6 Å². The number of nitrogens with zero attached hydrogens (tertiary/aromatic N) is 3. The summed E-state index contributed by atoms with van der Waals surface area (Å²) < 4.78 is 0. The monoisotopic (exact) mass is 205 g/mol. The number of carboxylic acid groups (broad SMARTS) is 1.